The summed E-state index contributed by atoms with van der Waals surface area (Å²) < 4.78 is 1.32. The zero-order valence-electron chi connectivity index (χ0n) is 5.97. The molecule has 0 radical (unpaired) electrons. The largest absolute Gasteiger partial charge is 0.405 e. The van der Waals surface area contributed by atoms with E-state index in [1.54, 1.807) is 18.3 Å². The lowest BCUT2D eigenvalue weighted by molar-refractivity contribution is 0.650. The maximum absolute atomic E-state index is 11.0. The van der Waals surface area contributed by atoms with E-state index in [0.29, 0.717) is 6.54 Å². The number of allylic oxidation sites excluding steroid dienone is 1. The Morgan fingerprint density at radius 2 is 2.55 bits per heavy atom. The van der Waals surface area contributed by atoms with Crippen LogP contribution < -0.4 is 11.3 Å². The predicted octanol–water partition coefficient (Wildman–Crippen LogP) is -0.284. The average Bonchev–Trinajstić information content (AvgIpc) is 2.03. The van der Waals surface area contributed by atoms with Gasteiger partial charge in [0.25, 0.3) is 5.56 Å². The fourth-order valence-corrected chi connectivity index (χ4v) is 0.685. The zero-order chi connectivity index (χ0) is 8.10. The zero-order valence-corrected chi connectivity index (χ0v) is 5.97. The third-order valence-electron chi connectivity index (χ3n) is 1.20. The lowest BCUT2D eigenvalue weighted by atomic mass is 10.5. The van der Waals surface area contributed by atoms with Crippen LogP contribution in [0.4, 0.5) is 0 Å². The fourth-order valence-electron chi connectivity index (χ4n) is 0.685. The average molecular weight is 151 g/mol. The van der Waals surface area contributed by atoms with Gasteiger partial charge in [-0.2, -0.15) is 5.10 Å². The van der Waals surface area contributed by atoms with E-state index in [1.165, 1.54) is 16.9 Å². The normalized spacial score (nSPS) is 10.5. The quantitative estimate of drug-likeness (QED) is 0.632. The van der Waals surface area contributed by atoms with Crippen LogP contribution in [-0.2, 0) is 6.54 Å². The molecular weight excluding hydrogens is 142 g/mol. The molecule has 1 aromatic heterocycles. The van der Waals surface area contributed by atoms with Gasteiger partial charge in [-0.05, 0) is 18.3 Å². The van der Waals surface area contributed by atoms with Crippen molar-refractivity contribution in [2.24, 2.45) is 5.73 Å². The number of nitrogens with zero attached hydrogens (tertiary/aromatic N) is 2. The van der Waals surface area contributed by atoms with Gasteiger partial charge in [0.05, 0.1) is 6.54 Å². The highest BCUT2D eigenvalue weighted by Crippen LogP contribution is 1.76. The third-order valence-corrected chi connectivity index (χ3v) is 1.20. The molecule has 0 unspecified atom stereocenters. The Labute approximate surface area is 64.0 Å². The molecule has 0 aliphatic rings. The smallest absolute Gasteiger partial charge is 0.267 e. The minimum atomic E-state index is -0.120. The van der Waals surface area contributed by atoms with E-state index in [1.807, 2.05) is 0 Å². The van der Waals surface area contributed by atoms with E-state index in [0.717, 1.165) is 0 Å². The molecule has 0 saturated carbocycles. The first kappa shape index (κ1) is 7.53. The predicted molar refractivity (Wildman–Crippen MR) is 41.8 cm³/mol. The molecule has 1 heterocycles. The van der Waals surface area contributed by atoms with Crippen LogP contribution in [0.25, 0.3) is 0 Å². The van der Waals surface area contributed by atoms with Gasteiger partial charge in [0.15, 0.2) is 0 Å². The lowest BCUT2D eigenvalue weighted by Crippen LogP contribution is -2.20. The summed E-state index contributed by atoms with van der Waals surface area (Å²) in [5.41, 5.74) is 4.98. The number of aromatic nitrogens is 2. The van der Waals surface area contributed by atoms with Gasteiger partial charge in [-0.1, -0.05) is 0 Å². The van der Waals surface area contributed by atoms with Gasteiger partial charge in [-0.25, -0.2) is 4.68 Å². The monoisotopic (exact) mass is 151 g/mol. The SMILES string of the molecule is NC=CCn1ncccc1=O. The van der Waals surface area contributed by atoms with Crippen LogP contribution in [0, 0.1) is 0 Å². The Morgan fingerprint density at radius 3 is 3.18 bits per heavy atom. The first-order valence-corrected chi connectivity index (χ1v) is 3.23. The number of hydrogen-bond acceptors (Lipinski definition) is 3. The molecule has 1 rings (SSSR count). The van der Waals surface area contributed by atoms with E-state index in [2.05, 4.69) is 5.10 Å². The van der Waals surface area contributed by atoms with Crippen molar-refractivity contribution in [1.29, 1.82) is 0 Å². The Balaban J connectivity index is 2.86. The maximum atomic E-state index is 11.0. The van der Waals surface area contributed by atoms with Crippen LogP contribution in [-0.4, -0.2) is 9.78 Å². The Kier molecular flexibility index (Phi) is 2.43. The highest BCUT2D eigenvalue weighted by atomic mass is 16.1. The van der Waals surface area contributed by atoms with E-state index >= 15 is 0 Å². The number of nitrogens with two attached hydrogens (primary N) is 1. The molecular formula is C7H9N3O. The van der Waals surface area contributed by atoms with E-state index in [9.17, 15) is 4.79 Å². The molecule has 11 heavy (non-hydrogen) atoms. The second kappa shape index (κ2) is 3.55. The molecule has 0 aliphatic carbocycles. The van der Waals surface area contributed by atoms with Crippen molar-refractivity contribution in [2.75, 3.05) is 0 Å². The first-order valence-electron chi connectivity index (χ1n) is 3.23. The minimum absolute atomic E-state index is 0.120. The highest BCUT2D eigenvalue weighted by molar-refractivity contribution is 4.86. The molecule has 0 fully saturated rings. The summed E-state index contributed by atoms with van der Waals surface area (Å²) in [5, 5.41) is 3.81. The van der Waals surface area contributed by atoms with Crippen molar-refractivity contribution in [3.05, 3.63) is 41.0 Å². The van der Waals surface area contributed by atoms with Gasteiger partial charge in [0, 0.05) is 12.3 Å². The van der Waals surface area contributed by atoms with Crippen molar-refractivity contribution in [3.8, 4) is 0 Å². The molecule has 0 aliphatic heterocycles. The van der Waals surface area contributed by atoms with Crippen molar-refractivity contribution in [2.45, 2.75) is 6.54 Å². The van der Waals surface area contributed by atoms with Crippen LogP contribution in [0.2, 0.25) is 0 Å². The fraction of sp³-hybridized carbons (Fsp3) is 0.143. The number of rotatable bonds is 2. The van der Waals surface area contributed by atoms with E-state index in [-0.39, 0.29) is 5.56 Å². The molecule has 0 atom stereocenters. The summed E-state index contributed by atoms with van der Waals surface area (Å²) in [5.74, 6) is 0. The summed E-state index contributed by atoms with van der Waals surface area (Å²) in [6.07, 6.45) is 4.61. The van der Waals surface area contributed by atoms with Crippen molar-refractivity contribution in [3.63, 3.8) is 0 Å². The van der Waals surface area contributed by atoms with Crippen molar-refractivity contribution >= 4 is 0 Å². The Bertz CT molecular complexity index is 303. The molecule has 0 amide bonds. The summed E-state index contributed by atoms with van der Waals surface area (Å²) in [4.78, 5) is 11.0. The van der Waals surface area contributed by atoms with Crippen molar-refractivity contribution < 1.29 is 0 Å². The highest BCUT2D eigenvalue weighted by Gasteiger charge is 1.88. The van der Waals surface area contributed by atoms with Gasteiger partial charge in [0.2, 0.25) is 0 Å². The second-order valence-electron chi connectivity index (χ2n) is 1.97. The first-order chi connectivity index (χ1) is 5.34. The summed E-state index contributed by atoms with van der Waals surface area (Å²) in [6.45, 7) is 0.427. The lowest BCUT2D eigenvalue weighted by Gasteiger charge is -1.96. The standard InChI is InChI=1S/C7H9N3O/c8-4-2-6-10-7(11)3-1-5-9-10/h1-5H,6,8H2. The molecule has 0 aromatic carbocycles. The molecule has 4 heteroatoms. The van der Waals surface area contributed by atoms with E-state index in [4.69, 9.17) is 5.73 Å². The van der Waals surface area contributed by atoms with Crippen molar-refractivity contribution in [1.82, 2.24) is 9.78 Å². The van der Waals surface area contributed by atoms with Gasteiger partial charge < -0.3 is 5.73 Å². The van der Waals surface area contributed by atoms with Gasteiger partial charge in [-0.15, -0.1) is 0 Å². The maximum Gasteiger partial charge on any atom is 0.267 e. The topological polar surface area (TPSA) is 60.9 Å². The molecule has 0 bridgehead atoms. The summed E-state index contributed by atoms with van der Waals surface area (Å²) in [7, 11) is 0. The van der Waals surface area contributed by atoms with Crippen LogP contribution in [0.5, 0.6) is 0 Å². The molecule has 0 spiro atoms. The molecule has 2 N–H and O–H groups in total. The molecule has 1 aromatic rings. The van der Waals surface area contributed by atoms with Crippen LogP contribution in [0.15, 0.2) is 35.4 Å². The molecule has 4 nitrogen and oxygen atoms in total. The van der Waals surface area contributed by atoms with Gasteiger partial charge in [-0.3, -0.25) is 4.79 Å². The van der Waals surface area contributed by atoms with Gasteiger partial charge in [0.1, 0.15) is 0 Å². The van der Waals surface area contributed by atoms with E-state index < -0.39 is 0 Å². The Morgan fingerprint density at radius 1 is 1.73 bits per heavy atom. The number of hydrogen-bond donors (Lipinski definition) is 1. The van der Waals surface area contributed by atoms with Gasteiger partial charge >= 0.3 is 0 Å². The third kappa shape index (κ3) is 1.93. The summed E-state index contributed by atoms with van der Waals surface area (Å²) >= 11 is 0. The molecule has 58 valence electrons. The Hall–Kier alpha value is -1.58. The van der Waals surface area contributed by atoms with Crippen LogP contribution in [0.1, 0.15) is 0 Å². The second-order valence-corrected chi connectivity index (χ2v) is 1.97. The molecule has 0 saturated heterocycles. The van der Waals surface area contributed by atoms with Crippen LogP contribution >= 0.6 is 0 Å². The summed E-state index contributed by atoms with van der Waals surface area (Å²) in [6, 6.07) is 3.06. The van der Waals surface area contributed by atoms with Crippen LogP contribution in [0.3, 0.4) is 0 Å². The minimum Gasteiger partial charge on any atom is -0.405 e.